The molecule has 6 heteroatoms. The minimum atomic E-state index is -0.481. The van der Waals surface area contributed by atoms with E-state index in [-0.39, 0.29) is 17.4 Å². The van der Waals surface area contributed by atoms with Crippen LogP contribution in [0.5, 0.6) is 0 Å². The summed E-state index contributed by atoms with van der Waals surface area (Å²) in [5.74, 6) is -0.649. The van der Waals surface area contributed by atoms with Crippen LogP contribution in [0.1, 0.15) is 48.0 Å². The van der Waals surface area contributed by atoms with Gasteiger partial charge in [-0.25, -0.2) is 4.39 Å². The number of carbonyl (C=O) groups excluding carboxylic acids is 2. The number of allylic oxidation sites excluding steroid dienone is 1. The van der Waals surface area contributed by atoms with E-state index >= 15 is 0 Å². The maximum Gasteiger partial charge on any atom is 0.288 e. The summed E-state index contributed by atoms with van der Waals surface area (Å²) in [5, 5.41) is 2.77. The van der Waals surface area contributed by atoms with Gasteiger partial charge in [-0.2, -0.15) is 4.58 Å². The van der Waals surface area contributed by atoms with Crippen molar-refractivity contribution in [2.75, 3.05) is 26.2 Å². The highest BCUT2D eigenvalue weighted by Gasteiger charge is 2.25. The molecular weight excluding hydrogens is 345 g/mol. The number of rotatable bonds is 8. The molecule has 1 aromatic rings. The Labute approximate surface area is 159 Å². The molecule has 0 aliphatic carbocycles. The van der Waals surface area contributed by atoms with Crippen LogP contribution < -0.4 is 5.32 Å². The fraction of sp³-hybridized carbons (Fsp3) is 0.476. The topological polar surface area (TPSA) is 52.4 Å². The summed E-state index contributed by atoms with van der Waals surface area (Å²) in [5.41, 5.74) is 2.11. The molecule has 0 radical (unpaired) electrons. The first-order valence-electron chi connectivity index (χ1n) is 9.66. The lowest BCUT2D eigenvalue weighted by Gasteiger charge is -2.15. The van der Waals surface area contributed by atoms with E-state index < -0.39 is 5.82 Å². The van der Waals surface area contributed by atoms with Gasteiger partial charge in [-0.05, 0) is 56.7 Å². The van der Waals surface area contributed by atoms with Crippen molar-refractivity contribution < 1.29 is 18.6 Å². The predicted octanol–water partition coefficient (Wildman–Crippen LogP) is 2.64. The molecule has 0 aromatic heterocycles. The molecule has 2 aliphatic heterocycles. The number of benzene rings is 1. The van der Waals surface area contributed by atoms with Crippen LogP contribution in [-0.2, 0) is 4.79 Å². The molecule has 3 rings (SSSR count). The normalized spacial score (nSPS) is 15.9. The second-order valence-corrected chi connectivity index (χ2v) is 7.29. The van der Waals surface area contributed by atoms with Gasteiger partial charge in [0.1, 0.15) is 5.82 Å². The highest BCUT2D eigenvalue weighted by Crippen LogP contribution is 2.13. The number of hydrogen-bond acceptors (Lipinski definition) is 2. The minimum absolute atomic E-state index is 0.0916. The Hall–Kier alpha value is -2.50. The van der Waals surface area contributed by atoms with E-state index in [1.54, 1.807) is 13.0 Å². The molecule has 1 N–H and O–H groups in total. The first-order valence-corrected chi connectivity index (χ1v) is 9.66. The van der Waals surface area contributed by atoms with Crippen LogP contribution in [0.25, 0.3) is 0 Å². The van der Waals surface area contributed by atoms with E-state index in [1.807, 2.05) is 21.9 Å². The first kappa shape index (κ1) is 19.3. The Bertz CT molecular complexity index is 780. The van der Waals surface area contributed by atoms with Crippen LogP contribution in [0.4, 0.5) is 4.39 Å². The Morgan fingerprint density at radius 3 is 2.67 bits per heavy atom. The monoisotopic (exact) mass is 372 g/mol. The summed E-state index contributed by atoms with van der Waals surface area (Å²) in [6.07, 6.45) is 8.96. The Morgan fingerprint density at radius 1 is 1.22 bits per heavy atom. The number of unbranched alkanes of at least 4 members (excludes halogenated alkanes) is 1. The Kier molecular flexibility index (Phi) is 6.37. The Balaban J connectivity index is 1.29. The summed E-state index contributed by atoms with van der Waals surface area (Å²) < 4.78 is 15.7. The summed E-state index contributed by atoms with van der Waals surface area (Å²) >= 11 is 0. The SMILES string of the molecule is Cc1ccc(C(=O)NCCCCC2=C[N+](CC(=O)N3CCCC3)=C2)c(F)c1. The fourth-order valence-electron chi connectivity index (χ4n) is 3.41. The number of amides is 2. The number of halogens is 1. The molecule has 1 aromatic carbocycles. The van der Waals surface area contributed by atoms with Crippen LogP contribution in [0.2, 0.25) is 0 Å². The standard InChI is InChI=1S/C21H26FN3O2/c1-16-7-8-18(19(22)12-16)21(27)23-9-3-2-6-17-13-24(14-17)15-20(26)25-10-4-5-11-25/h7-8,12-14H,2-6,9-11,15H2,1H3/p+1. The van der Waals surface area contributed by atoms with Crippen molar-refractivity contribution in [1.82, 2.24) is 10.2 Å². The van der Waals surface area contributed by atoms with Crippen molar-refractivity contribution in [2.45, 2.75) is 39.0 Å². The van der Waals surface area contributed by atoms with Gasteiger partial charge in [0.2, 0.25) is 6.54 Å². The van der Waals surface area contributed by atoms with Crippen LogP contribution in [-0.4, -0.2) is 53.7 Å². The van der Waals surface area contributed by atoms with Crippen molar-refractivity contribution in [1.29, 1.82) is 0 Å². The third-order valence-corrected chi connectivity index (χ3v) is 4.99. The molecule has 2 heterocycles. The van der Waals surface area contributed by atoms with Gasteiger partial charge in [-0.1, -0.05) is 6.07 Å². The average Bonchev–Trinajstić information content (AvgIpc) is 3.13. The minimum Gasteiger partial charge on any atom is -0.352 e. The van der Waals surface area contributed by atoms with Crippen molar-refractivity contribution in [3.05, 3.63) is 46.9 Å². The molecule has 0 saturated carbocycles. The zero-order chi connectivity index (χ0) is 19.2. The largest absolute Gasteiger partial charge is 0.352 e. The lowest BCUT2D eigenvalue weighted by Crippen LogP contribution is -2.35. The molecule has 1 fully saturated rings. The van der Waals surface area contributed by atoms with Crippen molar-refractivity contribution >= 4 is 18.0 Å². The van der Waals surface area contributed by atoms with Gasteiger partial charge in [0.25, 0.3) is 11.8 Å². The summed E-state index contributed by atoms with van der Waals surface area (Å²) in [4.78, 5) is 26.0. The first-order chi connectivity index (χ1) is 13.0. The van der Waals surface area contributed by atoms with Crippen LogP contribution in [0.3, 0.4) is 0 Å². The molecule has 27 heavy (non-hydrogen) atoms. The number of hydrogen-bond donors (Lipinski definition) is 1. The zero-order valence-corrected chi connectivity index (χ0v) is 15.8. The lowest BCUT2D eigenvalue weighted by molar-refractivity contribution is -0.452. The smallest absolute Gasteiger partial charge is 0.288 e. The zero-order valence-electron chi connectivity index (χ0n) is 15.8. The van der Waals surface area contributed by atoms with E-state index in [0.717, 1.165) is 50.8 Å². The lowest BCUT2D eigenvalue weighted by atomic mass is 10.1. The maximum absolute atomic E-state index is 13.8. The van der Waals surface area contributed by atoms with Gasteiger partial charge in [0.15, 0.2) is 12.4 Å². The Morgan fingerprint density at radius 2 is 1.96 bits per heavy atom. The van der Waals surface area contributed by atoms with Crippen molar-refractivity contribution in [3.63, 3.8) is 0 Å². The molecule has 0 unspecified atom stereocenters. The van der Waals surface area contributed by atoms with E-state index in [2.05, 4.69) is 5.32 Å². The fourth-order valence-corrected chi connectivity index (χ4v) is 3.41. The molecular formula is C21H27FN3O2+. The number of likely N-dealkylation sites (tertiary alicyclic amines) is 1. The van der Waals surface area contributed by atoms with Crippen LogP contribution in [0.15, 0.2) is 30.0 Å². The quantitative estimate of drug-likeness (QED) is 0.563. The molecule has 2 aliphatic rings. The van der Waals surface area contributed by atoms with E-state index in [1.165, 1.54) is 17.7 Å². The molecule has 0 bridgehead atoms. The van der Waals surface area contributed by atoms with Crippen molar-refractivity contribution in [2.24, 2.45) is 0 Å². The molecule has 0 spiro atoms. The average molecular weight is 372 g/mol. The van der Waals surface area contributed by atoms with Gasteiger partial charge >= 0.3 is 0 Å². The molecule has 1 saturated heterocycles. The van der Waals surface area contributed by atoms with Gasteiger partial charge in [-0.15, -0.1) is 0 Å². The summed E-state index contributed by atoms with van der Waals surface area (Å²) in [7, 11) is 0. The van der Waals surface area contributed by atoms with Gasteiger partial charge in [0.05, 0.1) is 11.1 Å². The number of aryl methyl sites for hydroxylation is 1. The van der Waals surface area contributed by atoms with E-state index in [4.69, 9.17) is 0 Å². The van der Waals surface area contributed by atoms with E-state index in [9.17, 15) is 14.0 Å². The number of nitrogens with zero attached hydrogens (tertiary/aromatic N) is 2. The van der Waals surface area contributed by atoms with Crippen molar-refractivity contribution in [3.8, 4) is 0 Å². The van der Waals surface area contributed by atoms with Gasteiger partial charge in [0, 0.05) is 19.6 Å². The maximum atomic E-state index is 13.8. The highest BCUT2D eigenvalue weighted by atomic mass is 19.1. The molecule has 2 amide bonds. The van der Waals surface area contributed by atoms with Gasteiger partial charge < -0.3 is 10.2 Å². The van der Waals surface area contributed by atoms with Crippen LogP contribution in [0, 0.1) is 12.7 Å². The summed E-state index contributed by atoms with van der Waals surface area (Å²) in [6, 6.07) is 4.62. The number of nitrogens with one attached hydrogen (secondary N) is 1. The molecule has 5 nitrogen and oxygen atoms in total. The summed E-state index contributed by atoms with van der Waals surface area (Å²) in [6.45, 7) is 4.53. The predicted molar refractivity (Wildman–Crippen MR) is 102 cm³/mol. The number of carbonyl (C=O) groups is 2. The molecule has 144 valence electrons. The van der Waals surface area contributed by atoms with E-state index in [0.29, 0.717) is 13.1 Å². The molecule has 0 atom stereocenters. The van der Waals surface area contributed by atoms with Gasteiger partial charge in [-0.3, -0.25) is 9.59 Å². The third-order valence-electron chi connectivity index (χ3n) is 4.99. The third kappa shape index (κ3) is 5.25. The second kappa shape index (κ2) is 8.93. The van der Waals surface area contributed by atoms with Crippen LogP contribution >= 0.6 is 0 Å². The highest BCUT2D eigenvalue weighted by molar-refractivity contribution is 5.94. The second-order valence-electron chi connectivity index (χ2n) is 7.29.